The summed E-state index contributed by atoms with van der Waals surface area (Å²) in [4.78, 5) is 8.70. The molecule has 0 amide bonds. The van der Waals surface area contributed by atoms with Crippen LogP contribution in [0, 0.1) is 5.92 Å². The highest BCUT2D eigenvalue weighted by Crippen LogP contribution is 2.30. The van der Waals surface area contributed by atoms with E-state index in [2.05, 4.69) is 22.3 Å². The van der Waals surface area contributed by atoms with Gasteiger partial charge in [-0.3, -0.25) is 4.40 Å². The molecule has 0 saturated heterocycles. The molecule has 2 aromatic rings. The second-order valence-corrected chi connectivity index (χ2v) is 5.41. The van der Waals surface area contributed by atoms with Crippen LogP contribution in [0.25, 0.3) is 5.65 Å². The fourth-order valence-electron chi connectivity index (χ4n) is 2.93. The van der Waals surface area contributed by atoms with Crippen LogP contribution in [-0.4, -0.2) is 20.5 Å². The highest BCUT2D eigenvalue weighted by Gasteiger charge is 2.23. The number of nitrogens with zero attached hydrogens (tertiary/aromatic N) is 3. The topological polar surface area (TPSA) is 77.5 Å². The average Bonchev–Trinajstić information content (AvgIpc) is 2.96. The molecule has 0 radical (unpaired) electrons. The van der Waals surface area contributed by atoms with Crippen molar-refractivity contribution in [2.75, 3.05) is 5.43 Å². The van der Waals surface area contributed by atoms with Crippen molar-refractivity contribution in [3.63, 3.8) is 0 Å². The first-order valence-electron chi connectivity index (χ1n) is 7.27. The van der Waals surface area contributed by atoms with Crippen molar-refractivity contribution in [3.05, 3.63) is 18.6 Å². The Hall–Kier alpha value is -1.82. The van der Waals surface area contributed by atoms with E-state index in [4.69, 9.17) is 10.6 Å². The van der Waals surface area contributed by atoms with Crippen molar-refractivity contribution >= 4 is 11.5 Å². The van der Waals surface area contributed by atoms with Gasteiger partial charge in [-0.2, -0.15) is 4.98 Å². The van der Waals surface area contributed by atoms with E-state index in [0.717, 1.165) is 24.4 Å². The zero-order valence-electron chi connectivity index (χ0n) is 11.7. The number of imidazole rings is 1. The van der Waals surface area contributed by atoms with Crippen molar-refractivity contribution in [2.45, 2.75) is 45.1 Å². The van der Waals surface area contributed by atoms with Crippen molar-refractivity contribution < 1.29 is 4.74 Å². The number of ether oxygens (including phenoxy) is 1. The molecule has 1 aliphatic carbocycles. The van der Waals surface area contributed by atoms with Gasteiger partial charge in [0.1, 0.15) is 6.10 Å². The van der Waals surface area contributed by atoms with E-state index in [1.807, 2.05) is 10.6 Å². The van der Waals surface area contributed by atoms with E-state index in [0.29, 0.717) is 11.7 Å². The molecule has 2 atom stereocenters. The molecule has 1 saturated carbocycles. The lowest BCUT2D eigenvalue weighted by atomic mass is 9.85. The van der Waals surface area contributed by atoms with Crippen LogP contribution in [0.4, 0.5) is 5.82 Å². The standard InChI is InChI=1S/C14H21N5O/c1-2-10-4-3-5-11(8-10)20-14-13-16-6-7-19(13)9-12(17-14)18-15/h6-7,9-11,18H,2-5,8,15H2,1H3. The molecule has 0 spiro atoms. The molecule has 6 nitrogen and oxygen atoms in total. The number of anilines is 1. The largest absolute Gasteiger partial charge is 0.472 e. The number of aromatic nitrogens is 3. The quantitative estimate of drug-likeness (QED) is 0.661. The Labute approximate surface area is 118 Å². The van der Waals surface area contributed by atoms with Gasteiger partial charge in [0.2, 0.25) is 5.65 Å². The van der Waals surface area contributed by atoms with Crippen LogP contribution in [0.15, 0.2) is 18.6 Å². The number of nitrogen functional groups attached to an aromatic ring is 1. The number of hydrogen-bond acceptors (Lipinski definition) is 5. The molecular formula is C14H21N5O. The lowest BCUT2D eigenvalue weighted by molar-refractivity contribution is 0.118. The van der Waals surface area contributed by atoms with Gasteiger partial charge in [-0.1, -0.05) is 19.8 Å². The summed E-state index contributed by atoms with van der Waals surface area (Å²) in [5.41, 5.74) is 3.31. The van der Waals surface area contributed by atoms with E-state index >= 15 is 0 Å². The molecule has 20 heavy (non-hydrogen) atoms. The summed E-state index contributed by atoms with van der Waals surface area (Å²) < 4.78 is 7.98. The summed E-state index contributed by atoms with van der Waals surface area (Å²) in [6.07, 6.45) is 11.6. The van der Waals surface area contributed by atoms with E-state index in [1.165, 1.54) is 19.3 Å². The molecule has 3 N–H and O–H groups in total. The summed E-state index contributed by atoms with van der Waals surface area (Å²) in [5, 5.41) is 0. The molecule has 2 heterocycles. The van der Waals surface area contributed by atoms with Crippen molar-refractivity contribution in [3.8, 4) is 5.88 Å². The first-order chi connectivity index (χ1) is 9.80. The minimum atomic E-state index is 0.231. The third kappa shape index (κ3) is 2.56. The van der Waals surface area contributed by atoms with Crippen molar-refractivity contribution in [2.24, 2.45) is 11.8 Å². The van der Waals surface area contributed by atoms with Crippen LogP contribution in [0.2, 0.25) is 0 Å². The lowest BCUT2D eigenvalue weighted by Gasteiger charge is -2.28. The monoisotopic (exact) mass is 275 g/mol. The number of hydrazine groups is 1. The highest BCUT2D eigenvalue weighted by molar-refractivity contribution is 5.53. The minimum Gasteiger partial charge on any atom is -0.472 e. The van der Waals surface area contributed by atoms with Crippen LogP contribution in [0.1, 0.15) is 39.0 Å². The van der Waals surface area contributed by atoms with Crippen molar-refractivity contribution in [1.29, 1.82) is 0 Å². The van der Waals surface area contributed by atoms with Gasteiger partial charge in [0.05, 0.1) is 6.20 Å². The van der Waals surface area contributed by atoms with Gasteiger partial charge in [-0.15, -0.1) is 0 Å². The number of fused-ring (bicyclic) bond motifs is 1. The molecule has 1 fully saturated rings. The van der Waals surface area contributed by atoms with Gasteiger partial charge in [0.25, 0.3) is 5.88 Å². The Balaban J connectivity index is 1.84. The fourth-order valence-corrected chi connectivity index (χ4v) is 2.93. The Morgan fingerprint density at radius 1 is 1.50 bits per heavy atom. The normalized spacial score (nSPS) is 22.9. The Bertz CT molecular complexity index is 582. The third-order valence-electron chi connectivity index (χ3n) is 4.08. The van der Waals surface area contributed by atoms with E-state index in [1.54, 1.807) is 12.4 Å². The molecule has 0 bridgehead atoms. The maximum Gasteiger partial charge on any atom is 0.260 e. The first kappa shape index (κ1) is 13.2. The minimum absolute atomic E-state index is 0.231. The molecule has 1 aliphatic rings. The molecule has 0 aliphatic heterocycles. The second kappa shape index (κ2) is 5.66. The number of nitrogens with one attached hydrogen (secondary N) is 1. The van der Waals surface area contributed by atoms with Crippen LogP contribution >= 0.6 is 0 Å². The Morgan fingerprint density at radius 2 is 2.40 bits per heavy atom. The zero-order chi connectivity index (χ0) is 13.9. The molecule has 108 valence electrons. The second-order valence-electron chi connectivity index (χ2n) is 5.41. The summed E-state index contributed by atoms with van der Waals surface area (Å²) >= 11 is 0. The summed E-state index contributed by atoms with van der Waals surface area (Å²) in [6.45, 7) is 2.25. The smallest absolute Gasteiger partial charge is 0.260 e. The molecule has 2 aromatic heterocycles. The SMILES string of the molecule is CCC1CCCC(Oc2nc(NN)cn3ccnc23)C1. The maximum absolute atomic E-state index is 6.11. The van der Waals surface area contributed by atoms with E-state index in [9.17, 15) is 0 Å². The summed E-state index contributed by atoms with van der Waals surface area (Å²) in [7, 11) is 0. The number of hydrogen-bond donors (Lipinski definition) is 2. The Kier molecular flexibility index (Phi) is 3.73. The predicted octanol–water partition coefficient (Wildman–Crippen LogP) is 2.36. The van der Waals surface area contributed by atoms with Crippen molar-refractivity contribution in [1.82, 2.24) is 14.4 Å². The number of rotatable bonds is 4. The molecule has 3 rings (SSSR count). The van der Waals surface area contributed by atoms with E-state index < -0.39 is 0 Å². The third-order valence-corrected chi connectivity index (χ3v) is 4.08. The first-order valence-corrected chi connectivity index (χ1v) is 7.27. The number of nitrogens with two attached hydrogens (primary N) is 1. The molecule has 6 heteroatoms. The van der Waals surface area contributed by atoms with Crippen LogP contribution < -0.4 is 16.0 Å². The van der Waals surface area contributed by atoms with Crippen LogP contribution in [0.3, 0.4) is 0 Å². The van der Waals surface area contributed by atoms with Gasteiger partial charge in [0.15, 0.2) is 5.82 Å². The van der Waals surface area contributed by atoms with Gasteiger partial charge < -0.3 is 10.2 Å². The molecule has 2 unspecified atom stereocenters. The molecule has 0 aromatic carbocycles. The zero-order valence-corrected chi connectivity index (χ0v) is 11.7. The fraction of sp³-hybridized carbons (Fsp3) is 0.571. The Morgan fingerprint density at radius 3 is 3.20 bits per heavy atom. The van der Waals surface area contributed by atoms with E-state index in [-0.39, 0.29) is 6.10 Å². The van der Waals surface area contributed by atoms with Gasteiger partial charge in [0, 0.05) is 12.4 Å². The predicted molar refractivity (Wildman–Crippen MR) is 77.5 cm³/mol. The maximum atomic E-state index is 6.11. The van der Waals surface area contributed by atoms with Gasteiger partial charge in [-0.05, 0) is 25.2 Å². The lowest BCUT2D eigenvalue weighted by Crippen LogP contribution is -2.26. The highest BCUT2D eigenvalue weighted by atomic mass is 16.5. The summed E-state index contributed by atoms with van der Waals surface area (Å²) in [6, 6.07) is 0. The van der Waals surface area contributed by atoms with Gasteiger partial charge in [-0.25, -0.2) is 10.8 Å². The van der Waals surface area contributed by atoms with Crippen LogP contribution in [-0.2, 0) is 0 Å². The molecular weight excluding hydrogens is 254 g/mol. The van der Waals surface area contributed by atoms with Crippen LogP contribution in [0.5, 0.6) is 5.88 Å². The summed E-state index contributed by atoms with van der Waals surface area (Å²) in [5.74, 6) is 7.36. The average molecular weight is 275 g/mol. The van der Waals surface area contributed by atoms with Gasteiger partial charge >= 0.3 is 0 Å².